The minimum atomic E-state index is 0.194. The molecule has 0 unspecified atom stereocenters. The molecule has 0 saturated heterocycles. The normalized spacial score (nSPS) is 15.3. The van der Waals surface area contributed by atoms with Gasteiger partial charge in [0.1, 0.15) is 0 Å². The Bertz CT molecular complexity index is 752. The molecule has 1 saturated carbocycles. The number of rotatable bonds is 4. The van der Waals surface area contributed by atoms with Gasteiger partial charge >= 0.3 is 33.3 Å². The average Bonchev–Trinajstić information content (AvgIpc) is 2.68. The van der Waals surface area contributed by atoms with E-state index in [-0.39, 0.29) is 13.1 Å². The molecule has 0 N–H and O–H groups in total. The van der Waals surface area contributed by atoms with Gasteiger partial charge in [0.05, 0.1) is 29.3 Å². The van der Waals surface area contributed by atoms with Crippen LogP contribution in [0.25, 0.3) is 0 Å². The van der Waals surface area contributed by atoms with Crippen molar-refractivity contribution >= 4 is 38.3 Å². The quantitative estimate of drug-likeness (QED) is 0.386. The molecule has 0 aliphatic heterocycles. The molecule has 6 heteroatoms. The molecule has 1 aliphatic rings. The Labute approximate surface area is 176 Å². The van der Waals surface area contributed by atoms with E-state index < -0.39 is 0 Å². The third-order valence-electron chi connectivity index (χ3n) is 4.55. The summed E-state index contributed by atoms with van der Waals surface area (Å²) >= 11 is 0.194. The van der Waals surface area contributed by atoms with E-state index in [2.05, 4.69) is 42.0 Å². The van der Waals surface area contributed by atoms with Gasteiger partial charge in [0.15, 0.2) is 0 Å². The van der Waals surface area contributed by atoms with Gasteiger partial charge in [0.2, 0.25) is 0 Å². The topological polar surface area (TPSA) is 37.6 Å². The molecule has 0 spiro atoms. The third kappa shape index (κ3) is 7.75. The fourth-order valence-electron chi connectivity index (χ4n) is 3.16. The SMILES string of the molecule is Cc1cccc(C)c1N=Cc1cccc(C=NC2CCCCC2)n1.[Cl][Fe][Cl]. The number of hydrogen-bond acceptors (Lipinski definition) is 3. The molecule has 0 atom stereocenters. The van der Waals surface area contributed by atoms with Crippen molar-refractivity contribution in [2.75, 3.05) is 0 Å². The van der Waals surface area contributed by atoms with Gasteiger partial charge in [0, 0.05) is 6.21 Å². The average molecular weight is 446 g/mol. The first-order valence-corrected chi connectivity index (χ1v) is 12.1. The molecule has 0 radical (unpaired) electrons. The van der Waals surface area contributed by atoms with Crippen LogP contribution < -0.4 is 0 Å². The van der Waals surface area contributed by atoms with Crippen LogP contribution in [0.1, 0.15) is 54.6 Å². The number of hydrogen-bond donors (Lipinski definition) is 0. The summed E-state index contributed by atoms with van der Waals surface area (Å²) in [6.45, 7) is 4.17. The number of aromatic nitrogens is 1. The Balaban J connectivity index is 0.000000817. The molecule has 0 bridgehead atoms. The molecule has 3 nitrogen and oxygen atoms in total. The molecule has 27 heavy (non-hydrogen) atoms. The zero-order chi connectivity index (χ0) is 19.5. The number of para-hydroxylation sites is 1. The van der Waals surface area contributed by atoms with E-state index in [9.17, 15) is 0 Å². The van der Waals surface area contributed by atoms with Crippen molar-refractivity contribution < 1.29 is 13.1 Å². The molecule has 146 valence electrons. The summed E-state index contributed by atoms with van der Waals surface area (Å²) in [5.41, 5.74) is 5.17. The fraction of sp³-hybridized carbons (Fsp3) is 0.381. The number of aryl methyl sites for hydroxylation is 2. The number of pyridine rings is 1. The first-order valence-electron chi connectivity index (χ1n) is 9.09. The predicted octanol–water partition coefficient (Wildman–Crippen LogP) is 6.58. The summed E-state index contributed by atoms with van der Waals surface area (Å²) in [5.74, 6) is 0. The van der Waals surface area contributed by atoms with Gasteiger partial charge in [-0.25, -0.2) is 4.98 Å². The Morgan fingerprint density at radius 3 is 2.11 bits per heavy atom. The summed E-state index contributed by atoms with van der Waals surface area (Å²) in [6.07, 6.45) is 10.2. The molecule has 1 heterocycles. The van der Waals surface area contributed by atoms with Crippen LogP contribution in [0, 0.1) is 13.8 Å². The van der Waals surface area contributed by atoms with Crippen molar-refractivity contribution in [1.29, 1.82) is 0 Å². The Morgan fingerprint density at radius 1 is 0.926 bits per heavy atom. The first kappa shape index (κ1) is 22.1. The number of nitrogens with zero attached hydrogens (tertiary/aromatic N) is 3. The van der Waals surface area contributed by atoms with E-state index in [1.54, 1.807) is 0 Å². The minimum absolute atomic E-state index is 0.194. The van der Waals surface area contributed by atoms with Crippen LogP contribution in [0.15, 0.2) is 46.4 Å². The summed E-state index contributed by atoms with van der Waals surface area (Å²) in [7, 11) is 9.53. The first-order chi connectivity index (χ1) is 13.1. The maximum absolute atomic E-state index is 4.76. The monoisotopic (exact) mass is 445 g/mol. The molecular formula is C21H25Cl2FeN3. The van der Waals surface area contributed by atoms with Crippen molar-refractivity contribution in [3.8, 4) is 0 Å². The van der Waals surface area contributed by atoms with Crippen LogP contribution in [0.4, 0.5) is 5.69 Å². The molecule has 1 aliphatic carbocycles. The Kier molecular flexibility index (Phi) is 10.1. The van der Waals surface area contributed by atoms with Crippen LogP contribution >= 0.6 is 20.2 Å². The molecular weight excluding hydrogens is 421 g/mol. The van der Waals surface area contributed by atoms with E-state index in [4.69, 9.17) is 25.2 Å². The summed E-state index contributed by atoms with van der Waals surface area (Å²) < 4.78 is 0. The van der Waals surface area contributed by atoms with Crippen LogP contribution in [-0.2, 0) is 13.1 Å². The standard InChI is InChI=1S/C21H25N3.2ClH.Fe/c1-16-8-6-9-17(2)21(16)23-15-20-13-7-12-19(24-20)14-22-18-10-4-3-5-11-18;;;/h6-9,12-15,18H,3-5,10-11H2,1-2H3;2*1H;/q;;;+2/p-2. The summed E-state index contributed by atoms with van der Waals surface area (Å²) in [6, 6.07) is 12.7. The van der Waals surface area contributed by atoms with Crippen molar-refractivity contribution in [1.82, 2.24) is 4.98 Å². The van der Waals surface area contributed by atoms with E-state index in [1.807, 2.05) is 30.6 Å². The van der Waals surface area contributed by atoms with Crippen molar-refractivity contribution in [3.63, 3.8) is 0 Å². The Morgan fingerprint density at radius 2 is 1.48 bits per heavy atom. The van der Waals surface area contributed by atoms with Gasteiger partial charge in [0.25, 0.3) is 0 Å². The second kappa shape index (κ2) is 12.3. The van der Waals surface area contributed by atoms with Gasteiger partial charge in [-0.3, -0.25) is 9.98 Å². The molecule has 1 aromatic heterocycles. The zero-order valence-electron chi connectivity index (χ0n) is 15.7. The van der Waals surface area contributed by atoms with E-state index in [0.717, 1.165) is 17.1 Å². The third-order valence-corrected chi connectivity index (χ3v) is 4.55. The van der Waals surface area contributed by atoms with Crippen LogP contribution in [0.5, 0.6) is 0 Å². The van der Waals surface area contributed by atoms with Crippen molar-refractivity contribution in [3.05, 3.63) is 58.9 Å². The van der Waals surface area contributed by atoms with Gasteiger partial charge in [-0.1, -0.05) is 43.5 Å². The molecule has 1 fully saturated rings. The maximum atomic E-state index is 4.76. The number of halogens is 2. The molecule has 3 rings (SSSR count). The summed E-state index contributed by atoms with van der Waals surface area (Å²) in [5, 5.41) is 0. The second-order valence-electron chi connectivity index (χ2n) is 6.61. The van der Waals surface area contributed by atoms with E-state index >= 15 is 0 Å². The molecule has 1 aromatic carbocycles. The number of benzene rings is 1. The van der Waals surface area contributed by atoms with Crippen molar-refractivity contribution in [2.45, 2.75) is 52.0 Å². The second-order valence-corrected chi connectivity index (χ2v) is 8.43. The van der Waals surface area contributed by atoms with E-state index in [0.29, 0.717) is 6.04 Å². The zero-order valence-corrected chi connectivity index (χ0v) is 18.3. The Hall–Kier alpha value is -1.19. The van der Waals surface area contributed by atoms with Gasteiger partial charge in [-0.15, -0.1) is 0 Å². The fourth-order valence-corrected chi connectivity index (χ4v) is 3.16. The van der Waals surface area contributed by atoms with Gasteiger partial charge in [-0.05, 0) is 49.9 Å². The molecule has 0 amide bonds. The predicted molar refractivity (Wildman–Crippen MR) is 114 cm³/mol. The van der Waals surface area contributed by atoms with Gasteiger partial charge < -0.3 is 0 Å². The van der Waals surface area contributed by atoms with E-state index in [1.165, 1.54) is 43.2 Å². The van der Waals surface area contributed by atoms with Crippen molar-refractivity contribution in [2.24, 2.45) is 9.98 Å². The number of aliphatic imine (C=N–C) groups is 2. The van der Waals surface area contributed by atoms with Crippen LogP contribution in [-0.4, -0.2) is 23.5 Å². The summed E-state index contributed by atoms with van der Waals surface area (Å²) in [4.78, 5) is 14.0. The van der Waals surface area contributed by atoms with Crippen LogP contribution in [0.2, 0.25) is 0 Å². The van der Waals surface area contributed by atoms with Crippen LogP contribution in [0.3, 0.4) is 0 Å². The molecule has 2 aromatic rings. The van der Waals surface area contributed by atoms with Gasteiger partial charge in [-0.2, -0.15) is 0 Å².